The molecule has 0 amide bonds. The second-order valence-corrected chi connectivity index (χ2v) is 5.38. The van der Waals surface area contributed by atoms with Crippen LogP contribution in [-0.2, 0) is 9.59 Å². The number of halogens is 1. The molecule has 1 aliphatic rings. The number of ether oxygens (including phenoxy) is 1. The van der Waals surface area contributed by atoms with E-state index in [0.29, 0.717) is 10.8 Å². The summed E-state index contributed by atoms with van der Waals surface area (Å²) in [5.41, 5.74) is -1.34. The van der Waals surface area contributed by atoms with Crippen molar-refractivity contribution in [1.82, 2.24) is 0 Å². The summed E-state index contributed by atoms with van der Waals surface area (Å²) in [6.07, 6.45) is 2.66. The topological polar surface area (TPSA) is 83.8 Å². The van der Waals surface area contributed by atoms with Crippen molar-refractivity contribution in [1.29, 1.82) is 0 Å². The van der Waals surface area contributed by atoms with Crippen molar-refractivity contribution >= 4 is 23.5 Å². The number of hydrogen-bond acceptors (Lipinski definition) is 3. The zero-order valence-corrected chi connectivity index (χ0v) is 11.9. The Labute approximate surface area is 126 Å². The molecule has 1 atom stereocenters. The molecule has 0 radical (unpaired) electrons. The number of allylic oxidation sites excluding steroid dienone is 1. The van der Waals surface area contributed by atoms with Gasteiger partial charge in [-0.05, 0) is 31.2 Å². The van der Waals surface area contributed by atoms with E-state index in [0.717, 1.165) is 0 Å². The van der Waals surface area contributed by atoms with Crippen LogP contribution in [0.15, 0.2) is 47.7 Å². The fraction of sp³-hybridized carbons (Fsp3) is 0.200. The van der Waals surface area contributed by atoms with Gasteiger partial charge in [0.05, 0.1) is 11.0 Å². The van der Waals surface area contributed by atoms with E-state index in [1.54, 1.807) is 24.3 Å². The maximum atomic E-state index is 11.3. The van der Waals surface area contributed by atoms with E-state index in [4.69, 9.17) is 16.3 Å². The van der Waals surface area contributed by atoms with Gasteiger partial charge < -0.3 is 14.9 Å². The van der Waals surface area contributed by atoms with Gasteiger partial charge in [0, 0.05) is 11.4 Å². The van der Waals surface area contributed by atoms with Crippen molar-refractivity contribution < 1.29 is 24.5 Å². The van der Waals surface area contributed by atoms with Crippen LogP contribution < -0.4 is 4.74 Å². The molecule has 0 bridgehead atoms. The maximum Gasteiger partial charge on any atom is 0.335 e. The Bertz CT molecular complexity index is 662. The lowest BCUT2D eigenvalue weighted by molar-refractivity contribution is -0.145. The fourth-order valence-corrected chi connectivity index (χ4v) is 2.13. The molecule has 0 heterocycles. The third-order valence-corrected chi connectivity index (χ3v) is 3.45. The Balaban J connectivity index is 2.35. The third kappa shape index (κ3) is 3.25. The lowest BCUT2D eigenvalue weighted by Crippen LogP contribution is -2.30. The largest absolute Gasteiger partial charge is 0.481 e. The first-order valence-corrected chi connectivity index (χ1v) is 6.52. The molecular formula is C15H13ClO5. The van der Waals surface area contributed by atoms with Gasteiger partial charge in [0.25, 0.3) is 0 Å². The van der Waals surface area contributed by atoms with Crippen LogP contribution >= 0.6 is 11.6 Å². The Morgan fingerprint density at radius 2 is 2.05 bits per heavy atom. The van der Waals surface area contributed by atoms with Gasteiger partial charge >= 0.3 is 11.9 Å². The minimum Gasteiger partial charge on any atom is -0.481 e. The van der Waals surface area contributed by atoms with Gasteiger partial charge in [0.15, 0.2) is 0 Å². The maximum absolute atomic E-state index is 11.3. The highest BCUT2D eigenvalue weighted by Gasteiger charge is 2.37. The van der Waals surface area contributed by atoms with E-state index in [-0.39, 0.29) is 17.8 Å². The minimum absolute atomic E-state index is 0.0811. The van der Waals surface area contributed by atoms with E-state index in [2.05, 4.69) is 0 Å². The molecule has 0 saturated carbocycles. The van der Waals surface area contributed by atoms with Gasteiger partial charge in [-0.2, -0.15) is 0 Å². The molecule has 1 aromatic rings. The number of aliphatic carboxylic acids is 2. The van der Waals surface area contributed by atoms with E-state index in [1.165, 1.54) is 19.1 Å². The molecule has 0 saturated heterocycles. The molecule has 110 valence electrons. The Kier molecular flexibility index (Phi) is 4.04. The highest BCUT2D eigenvalue weighted by molar-refractivity contribution is 6.30. The second kappa shape index (κ2) is 5.61. The minimum atomic E-state index is -1.26. The Morgan fingerprint density at radius 1 is 1.33 bits per heavy atom. The summed E-state index contributed by atoms with van der Waals surface area (Å²) in [5, 5.41) is 18.9. The van der Waals surface area contributed by atoms with Gasteiger partial charge in [-0.15, -0.1) is 0 Å². The van der Waals surface area contributed by atoms with Crippen LogP contribution in [0.2, 0.25) is 5.02 Å². The second-order valence-electron chi connectivity index (χ2n) is 4.94. The third-order valence-electron chi connectivity index (χ3n) is 3.21. The smallest absolute Gasteiger partial charge is 0.335 e. The highest BCUT2D eigenvalue weighted by atomic mass is 35.5. The molecule has 21 heavy (non-hydrogen) atoms. The normalized spacial score (nSPS) is 21.2. The van der Waals surface area contributed by atoms with Crippen molar-refractivity contribution in [2.45, 2.75) is 13.3 Å². The number of benzene rings is 1. The molecule has 5 nitrogen and oxygen atoms in total. The molecule has 1 aromatic carbocycles. The zero-order valence-electron chi connectivity index (χ0n) is 11.2. The summed E-state index contributed by atoms with van der Waals surface area (Å²) in [7, 11) is 0. The van der Waals surface area contributed by atoms with E-state index in [9.17, 15) is 19.8 Å². The molecule has 1 aliphatic carbocycles. The number of carboxylic acid groups (broad SMARTS) is 2. The molecular weight excluding hydrogens is 296 g/mol. The Hall–Kier alpha value is -2.27. The average Bonchev–Trinajstić information content (AvgIpc) is 2.40. The summed E-state index contributed by atoms with van der Waals surface area (Å²) < 4.78 is 5.52. The van der Waals surface area contributed by atoms with Crippen LogP contribution in [0, 0.1) is 5.41 Å². The van der Waals surface area contributed by atoms with Crippen LogP contribution in [0.4, 0.5) is 0 Å². The molecule has 0 aliphatic heterocycles. The van der Waals surface area contributed by atoms with Crippen LogP contribution in [0.1, 0.15) is 13.3 Å². The van der Waals surface area contributed by atoms with Crippen molar-refractivity contribution in [3.63, 3.8) is 0 Å². The van der Waals surface area contributed by atoms with Crippen molar-refractivity contribution in [3.8, 4) is 5.75 Å². The SMILES string of the molecule is CC1(C(=O)O)C=CC(Oc2cccc(Cl)c2)=C(C(=O)O)C1. The fourth-order valence-electron chi connectivity index (χ4n) is 1.95. The van der Waals surface area contributed by atoms with Crippen molar-refractivity contribution in [2.75, 3.05) is 0 Å². The number of carbonyl (C=O) groups is 2. The van der Waals surface area contributed by atoms with E-state index in [1.807, 2.05) is 0 Å². The van der Waals surface area contributed by atoms with Crippen molar-refractivity contribution in [3.05, 3.63) is 52.8 Å². The van der Waals surface area contributed by atoms with E-state index < -0.39 is 17.4 Å². The van der Waals surface area contributed by atoms with Crippen LogP contribution in [0.3, 0.4) is 0 Å². The number of rotatable bonds is 4. The predicted octanol–water partition coefficient (Wildman–Crippen LogP) is 3.11. The van der Waals surface area contributed by atoms with Gasteiger partial charge in [-0.3, -0.25) is 4.79 Å². The summed E-state index contributed by atoms with van der Waals surface area (Å²) in [6, 6.07) is 6.52. The summed E-state index contributed by atoms with van der Waals surface area (Å²) in [4.78, 5) is 22.6. The molecule has 0 aromatic heterocycles. The lowest BCUT2D eigenvalue weighted by Gasteiger charge is -2.26. The molecule has 1 unspecified atom stereocenters. The molecule has 0 fully saturated rings. The van der Waals surface area contributed by atoms with Crippen LogP contribution in [0.5, 0.6) is 5.75 Å². The molecule has 6 heteroatoms. The molecule has 2 rings (SSSR count). The van der Waals surface area contributed by atoms with Gasteiger partial charge in [-0.25, -0.2) is 4.79 Å². The number of hydrogen-bond donors (Lipinski definition) is 2. The van der Waals surface area contributed by atoms with Crippen LogP contribution in [0.25, 0.3) is 0 Å². The van der Waals surface area contributed by atoms with Crippen LogP contribution in [-0.4, -0.2) is 22.2 Å². The lowest BCUT2D eigenvalue weighted by atomic mass is 9.79. The zero-order chi connectivity index (χ0) is 15.6. The van der Waals surface area contributed by atoms with Crippen molar-refractivity contribution in [2.24, 2.45) is 5.41 Å². The molecule has 0 spiro atoms. The summed E-state index contributed by atoms with van der Waals surface area (Å²) in [6.45, 7) is 1.46. The Morgan fingerprint density at radius 3 is 2.62 bits per heavy atom. The quantitative estimate of drug-likeness (QED) is 0.893. The number of carboxylic acids is 2. The first kappa shape index (κ1) is 15.1. The van der Waals surface area contributed by atoms with Gasteiger partial charge in [0.2, 0.25) is 0 Å². The standard InChI is InChI=1S/C15H13ClO5/c1-15(14(19)20)6-5-12(11(8-15)13(17)18)21-10-4-2-3-9(16)7-10/h2-7H,8H2,1H3,(H,17,18)(H,19,20). The van der Waals surface area contributed by atoms with E-state index >= 15 is 0 Å². The monoisotopic (exact) mass is 308 g/mol. The predicted molar refractivity (Wildman–Crippen MR) is 76.2 cm³/mol. The van der Waals surface area contributed by atoms with Gasteiger partial charge in [-0.1, -0.05) is 23.7 Å². The van der Waals surface area contributed by atoms with Gasteiger partial charge in [0.1, 0.15) is 11.5 Å². The average molecular weight is 309 g/mol. The first-order valence-electron chi connectivity index (χ1n) is 6.14. The summed E-state index contributed by atoms with van der Waals surface area (Å²) >= 11 is 5.84. The summed E-state index contributed by atoms with van der Waals surface area (Å²) in [5.74, 6) is -1.79. The molecule has 2 N–H and O–H groups in total. The highest BCUT2D eigenvalue weighted by Crippen LogP contribution is 2.35. The first-order chi connectivity index (χ1) is 9.82.